The lowest BCUT2D eigenvalue weighted by atomic mass is 9.96. The number of anilines is 1. The largest absolute Gasteiger partial charge is 0.329 e. The molecule has 0 aromatic heterocycles. The van der Waals surface area contributed by atoms with Crippen LogP contribution in [0.25, 0.3) is 27.6 Å². The second-order valence-electron chi connectivity index (χ2n) is 8.03. The van der Waals surface area contributed by atoms with Gasteiger partial charge in [0.1, 0.15) is 12.2 Å². The first-order valence-corrected chi connectivity index (χ1v) is 10.6. The molecular weight excluding hydrogens is 414 g/mol. The van der Waals surface area contributed by atoms with Crippen molar-refractivity contribution in [2.24, 2.45) is 0 Å². The summed E-state index contributed by atoms with van der Waals surface area (Å²) in [5, 5.41) is 9.36. The Labute approximate surface area is 190 Å². The van der Waals surface area contributed by atoms with E-state index in [-0.39, 0.29) is 12.2 Å². The van der Waals surface area contributed by atoms with Crippen molar-refractivity contribution in [3.63, 3.8) is 0 Å². The van der Waals surface area contributed by atoms with Gasteiger partial charge in [0.15, 0.2) is 0 Å². The number of fused-ring (bicyclic) bond motifs is 2. The summed E-state index contributed by atoms with van der Waals surface area (Å²) in [6.07, 6.45) is 1.70. The van der Waals surface area contributed by atoms with Gasteiger partial charge >= 0.3 is 6.03 Å². The first-order valence-electron chi connectivity index (χ1n) is 10.6. The molecule has 1 aliphatic heterocycles. The lowest BCUT2D eigenvalue weighted by molar-refractivity contribution is -0.127. The van der Waals surface area contributed by atoms with Crippen LogP contribution in [0.3, 0.4) is 0 Å². The van der Waals surface area contributed by atoms with E-state index in [1.165, 1.54) is 0 Å². The van der Waals surface area contributed by atoms with E-state index in [0.717, 1.165) is 37.6 Å². The van der Waals surface area contributed by atoms with Crippen molar-refractivity contribution in [1.29, 1.82) is 0 Å². The molecule has 0 bridgehead atoms. The zero-order chi connectivity index (χ0) is 22.9. The van der Waals surface area contributed by atoms with Gasteiger partial charge in [0, 0.05) is 5.69 Å². The molecule has 0 saturated carbocycles. The zero-order valence-corrected chi connectivity index (χ0v) is 18.0. The van der Waals surface area contributed by atoms with Gasteiger partial charge in [-0.3, -0.25) is 9.59 Å². The predicted molar refractivity (Wildman–Crippen MR) is 129 cm³/mol. The second kappa shape index (κ2) is 8.24. The Kier molecular flexibility index (Phi) is 5.11. The molecule has 0 atom stereocenters. The molecule has 1 fully saturated rings. The van der Waals surface area contributed by atoms with Gasteiger partial charge in [-0.25, -0.2) is 9.69 Å². The molecule has 4 aromatic rings. The Morgan fingerprint density at radius 1 is 0.909 bits per heavy atom. The highest BCUT2D eigenvalue weighted by molar-refractivity contribution is 6.18. The van der Waals surface area contributed by atoms with Crippen molar-refractivity contribution in [3.05, 3.63) is 95.7 Å². The molecular formula is C27H21N3O3. The van der Waals surface area contributed by atoms with Crippen LogP contribution in [0, 0.1) is 6.92 Å². The molecule has 0 unspecified atom stereocenters. The van der Waals surface area contributed by atoms with Gasteiger partial charge in [0.05, 0.1) is 0 Å². The SMILES string of the molecule is Cc1ccc(NC(=O)CN2C(=O)NC(=Cc3c4ccccc4cc4ccccc34)C2=O)cc1. The van der Waals surface area contributed by atoms with E-state index in [0.29, 0.717) is 5.69 Å². The summed E-state index contributed by atoms with van der Waals surface area (Å²) in [5.41, 5.74) is 2.66. The Bertz CT molecular complexity index is 1400. The van der Waals surface area contributed by atoms with Crippen molar-refractivity contribution in [1.82, 2.24) is 10.2 Å². The maximum Gasteiger partial charge on any atom is 0.329 e. The summed E-state index contributed by atoms with van der Waals surface area (Å²) in [7, 11) is 0. The van der Waals surface area contributed by atoms with Crippen LogP contribution in [-0.2, 0) is 9.59 Å². The minimum Gasteiger partial charge on any atom is -0.325 e. The summed E-state index contributed by atoms with van der Waals surface area (Å²) in [5.74, 6) is -0.977. The number of imide groups is 1. The third kappa shape index (κ3) is 3.94. The number of nitrogens with one attached hydrogen (secondary N) is 2. The topological polar surface area (TPSA) is 78.5 Å². The van der Waals surface area contributed by atoms with Crippen LogP contribution in [-0.4, -0.2) is 29.3 Å². The molecule has 1 heterocycles. The van der Waals surface area contributed by atoms with Gasteiger partial charge in [-0.1, -0.05) is 66.2 Å². The third-order valence-electron chi connectivity index (χ3n) is 5.70. The summed E-state index contributed by atoms with van der Waals surface area (Å²) in [6.45, 7) is 1.58. The monoisotopic (exact) mass is 435 g/mol. The third-order valence-corrected chi connectivity index (χ3v) is 5.70. The van der Waals surface area contributed by atoms with Gasteiger partial charge in [-0.05, 0) is 58.3 Å². The van der Waals surface area contributed by atoms with Crippen molar-refractivity contribution < 1.29 is 14.4 Å². The molecule has 162 valence electrons. The minimum absolute atomic E-state index is 0.143. The lowest BCUT2D eigenvalue weighted by Crippen LogP contribution is -2.38. The van der Waals surface area contributed by atoms with E-state index in [9.17, 15) is 14.4 Å². The summed E-state index contributed by atoms with van der Waals surface area (Å²) >= 11 is 0. The van der Waals surface area contributed by atoms with Crippen LogP contribution < -0.4 is 10.6 Å². The highest BCUT2D eigenvalue weighted by Gasteiger charge is 2.35. The zero-order valence-electron chi connectivity index (χ0n) is 18.0. The van der Waals surface area contributed by atoms with Gasteiger partial charge < -0.3 is 10.6 Å². The number of amides is 4. The number of rotatable bonds is 4. The molecule has 1 saturated heterocycles. The van der Waals surface area contributed by atoms with Crippen LogP contribution >= 0.6 is 0 Å². The Morgan fingerprint density at radius 3 is 2.15 bits per heavy atom. The average molecular weight is 435 g/mol. The van der Waals surface area contributed by atoms with Crippen molar-refractivity contribution in [2.75, 3.05) is 11.9 Å². The highest BCUT2D eigenvalue weighted by atomic mass is 16.2. The van der Waals surface area contributed by atoms with E-state index in [4.69, 9.17) is 0 Å². The molecule has 0 radical (unpaired) electrons. The first kappa shape index (κ1) is 20.5. The summed E-state index contributed by atoms with van der Waals surface area (Å²) in [4.78, 5) is 38.9. The molecule has 4 aromatic carbocycles. The Morgan fingerprint density at radius 2 is 1.52 bits per heavy atom. The number of aryl methyl sites for hydroxylation is 1. The van der Waals surface area contributed by atoms with Crippen LogP contribution in [0.2, 0.25) is 0 Å². The van der Waals surface area contributed by atoms with E-state index in [2.05, 4.69) is 16.7 Å². The highest BCUT2D eigenvalue weighted by Crippen LogP contribution is 2.30. The summed E-state index contributed by atoms with van der Waals surface area (Å²) < 4.78 is 0. The normalized spacial score (nSPS) is 14.8. The van der Waals surface area contributed by atoms with Crippen LogP contribution in [0.1, 0.15) is 11.1 Å². The van der Waals surface area contributed by atoms with Crippen molar-refractivity contribution in [3.8, 4) is 0 Å². The fraction of sp³-hybridized carbons (Fsp3) is 0.0741. The molecule has 6 nitrogen and oxygen atoms in total. The molecule has 0 aliphatic carbocycles. The van der Waals surface area contributed by atoms with E-state index < -0.39 is 17.8 Å². The number of carbonyl (C=O) groups is 3. The number of benzene rings is 4. The fourth-order valence-electron chi connectivity index (χ4n) is 4.04. The van der Waals surface area contributed by atoms with E-state index >= 15 is 0 Å². The van der Waals surface area contributed by atoms with Gasteiger partial charge in [0.2, 0.25) is 5.91 Å². The van der Waals surface area contributed by atoms with Crippen LogP contribution in [0.15, 0.2) is 84.6 Å². The maximum absolute atomic E-state index is 13.0. The van der Waals surface area contributed by atoms with Gasteiger partial charge in [0.25, 0.3) is 5.91 Å². The smallest absolute Gasteiger partial charge is 0.325 e. The second-order valence-corrected chi connectivity index (χ2v) is 8.03. The van der Waals surface area contributed by atoms with Crippen LogP contribution in [0.4, 0.5) is 10.5 Å². The van der Waals surface area contributed by atoms with E-state index in [1.54, 1.807) is 18.2 Å². The molecule has 4 amide bonds. The molecule has 33 heavy (non-hydrogen) atoms. The van der Waals surface area contributed by atoms with Crippen LogP contribution in [0.5, 0.6) is 0 Å². The molecule has 0 spiro atoms. The Balaban J connectivity index is 1.45. The number of hydrogen-bond acceptors (Lipinski definition) is 3. The van der Waals surface area contributed by atoms with Crippen molar-refractivity contribution >= 4 is 51.2 Å². The number of carbonyl (C=O) groups excluding carboxylic acids is 3. The Hall–Kier alpha value is -4.45. The maximum atomic E-state index is 13.0. The molecule has 2 N–H and O–H groups in total. The molecule has 5 rings (SSSR count). The van der Waals surface area contributed by atoms with E-state index in [1.807, 2.05) is 67.6 Å². The molecule has 1 aliphatic rings. The number of nitrogens with zero attached hydrogens (tertiary/aromatic N) is 1. The first-order chi connectivity index (χ1) is 16.0. The number of hydrogen-bond donors (Lipinski definition) is 2. The van der Waals surface area contributed by atoms with Gasteiger partial charge in [-0.15, -0.1) is 0 Å². The average Bonchev–Trinajstić information content (AvgIpc) is 3.07. The summed E-state index contributed by atoms with van der Waals surface area (Å²) in [6, 6.07) is 24.6. The molecule has 6 heteroatoms. The number of urea groups is 1. The quantitative estimate of drug-likeness (QED) is 0.274. The van der Waals surface area contributed by atoms with Crippen molar-refractivity contribution in [2.45, 2.75) is 6.92 Å². The predicted octanol–water partition coefficient (Wildman–Crippen LogP) is 4.83. The lowest BCUT2D eigenvalue weighted by Gasteiger charge is -2.12. The fourth-order valence-corrected chi connectivity index (χ4v) is 4.04. The van der Waals surface area contributed by atoms with Gasteiger partial charge in [-0.2, -0.15) is 0 Å². The standard InChI is InChI=1S/C27H21N3O3/c1-17-10-12-20(13-11-17)28-25(31)16-30-26(32)24(29-27(30)33)15-23-21-8-4-2-6-18(21)14-19-7-3-5-9-22(19)23/h2-15H,16H2,1H3,(H,28,31)(H,29,33). The minimum atomic E-state index is -0.616.